The molecule has 182 valence electrons. The highest BCUT2D eigenvalue weighted by Gasteiger charge is 2.45. The third-order valence-corrected chi connectivity index (χ3v) is 6.41. The Balaban J connectivity index is 1.72. The second kappa shape index (κ2) is 7.91. The molecule has 4 heterocycles. The number of nitrogens with zero attached hydrogens (tertiary/aromatic N) is 3. The van der Waals surface area contributed by atoms with Crippen molar-refractivity contribution in [1.82, 2.24) is 9.55 Å². The number of methoxy groups -OCH3 is 1. The third kappa shape index (κ3) is 3.58. The molecule has 1 aromatic carbocycles. The van der Waals surface area contributed by atoms with Crippen LogP contribution >= 0.6 is 0 Å². The van der Waals surface area contributed by atoms with Crippen LogP contribution in [0.5, 0.6) is 5.75 Å². The largest absolute Gasteiger partial charge is 0.496 e. The summed E-state index contributed by atoms with van der Waals surface area (Å²) in [5, 5.41) is 16.0. The van der Waals surface area contributed by atoms with Gasteiger partial charge in [-0.05, 0) is 51.5 Å². The van der Waals surface area contributed by atoms with Crippen LogP contribution < -0.4 is 10.3 Å². The monoisotopic (exact) mass is 477 g/mol. The number of benzene rings is 1. The second-order valence-electron chi connectivity index (χ2n) is 9.79. The standard InChI is InChI=1S/C26H27N3O6/c1-6-26(32)18-10-19-22-15(12-29(19)23(30)17(18)13-34-24(26)31)9-16-20(33-5)8-7-14(21(16)28-22)11-27-35-25(2,3)4/h7-11,32H,6,12-13H2,1-5H3/b27-11+/t26-/m0/s1. The van der Waals surface area contributed by atoms with Gasteiger partial charge in [0.15, 0.2) is 5.60 Å². The zero-order valence-corrected chi connectivity index (χ0v) is 20.3. The van der Waals surface area contributed by atoms with Gasteiger partial charge in [0.05, 0.1) is 42.3 Å². The Hall–Kier alpha value is -3.72. The van der Waals surface area contributed by atoms with Gasteiger partial charge in [-0.25, -0.2) is 9.78 Å². The predicted molar refractivity (Wildman–Crippen MR) is 130 cm³/mol. The molecule has 1 N–H and O–H groups in total. The van der Waals surface area contributed by atoms with Gasteiger partial charge in [0, 0.05) is 22.1 Å². The van der Waals surface area contributed by atoms with Crippen molar-refractivity contribution in [3.05, 3.63) is 56.9 Å². The number of cyclic esters (lactones) is 1. The van der Waals surface area contributed by atoms with E-state index in [9.17, 15) is 14.7 Å². The van der Waals surface area contributed by atoms with Crippen molar-refractivity contribution in [3.63, 3.8) is 0 Å². The van der Waals surface area contributed by atoms with Crippen molar-refractivity contribution in [3.8, 4) is 17.1 Å². The number of aliphatic hydroxyl groups is 1. The van der Waals surface area contributed by atoms with E-state index in [-0.39, 0.29) is 24.2 Å². The van der Waals surface area contributed by atoms with E-state index in [1.807, 2.05) is 39.0 Å². The number of oxime groups is 1. The fourth-order valence-electron chi connectivity index (χ4n) is 4.59. The fourth-order valence-corrected chi connectivity index (χ4v) is 4.59. The van der Waals surface area contributed by atoms with Crippen LogP contribution in [-0.4, -0.2) is 39.6 Å². The first-order valence-electron chi connectivity index (χ1n) is 11.5. The molecule has 0 saturated heterocycles. The SMILES string of the molecule is CC[C@@]1(O)C(=O)OCc2c1cc1n(c2=O)Cc2cc3c(OC)ccc(/C=N/OC(C)(C)C)c3nc2-1. The summed E-state index contributed by atoms with van der Waals surface area (Å²) in [6.45, 7) is 7.55. The van der Waals surface area contributed by atoms with E-state index in [1.54, 1.807) is 30.9 Å². The first-order valence-corrected chi connectivity index (χ1v) is 11.5. The fraction of sp³-hybridized carbons (Fsp3) is 0.385. The van der Waals surface area contributed by atoms with Crippen LogP contribution in [0.4, 0.5) is 0 Å². The van der Waals surface area contributed by atoms with Crippen molar-refractivity contribution >= 4 is 23.1 Å². The quantitative estimate of drug-likeness (QED) is 0.273. The number of esters is 1. The number of fused-ring (bicyclic) bond motifs is 5. The van der Waals surface area contributed by atoms with Crippen molar-refractivity contribution < 1.29 is 24.2 Å². The highest BCUT2D eigenvalue weighted by molar-refractivity contribution is 6.01. The Morgan fingerprint density at radius 3 is 2.74 bits per heavy atom. The molecule has 9 heteroatoms. The Morgan fingerprint density at radius 2 is 2.06 bits per heavy atom. The maximum Gasteiger partial charge on any atom is 0.343 e. The summed E-state index contributed by atoms with van der Waals surface area (Å²) in [5.41, 5.74) is 1.31. The van der Waals surface area contributed by atoms with Gasteiger partial charge in [-0.3, -0.25) is 4.79 Å². The molecular formula is C26H27N3O6. The van der Waals surface area contributed by atoms with Crippen molar-refractivity contribution in [2.45, 2.75) is 58.5 Å². The van der Waals surface area contributed by atoms with E-state index in [1.165, 1.54) is 0 Å². The normalized spacial score (nSPS) is 18.9. The number of aromatic nitrogens is 2. The first kappa shape index (κ1) is 23.0. The van der Waals surface area contributed by atoms with Gasteiger partial charge in [0.1, 0.15) is 18.0 Å². The molecule has 2 aliphatic heterocycles. The number of hydrogen-bond acceptors (Lipinski definition) is 8. The van der Waals surface area contributed by atoms with E-state index in [0.29, 0.717) is 34.8 Å². The molecule has 3 aromatic rings. The van der Waals surface area contributed by atoms with Gasteiger partial charge in [-0.15, -0.1) is 0 Å². The Morgan fingerprint density at radius 1 is 1.29 bits per heavy atom. The number of carbonyl (C=O) groups excluding carboxylic acids is 1. The van der Waals surface area contributed by atoms with Crippen LogP contribution in [-0.2, 0) is 33.1 Å². The summed E-state index contributed by atoms with van der Waals surface area (Å²) in [7, 11) is 1.59. The van der Waals surface area contributed by atoms with E-state index in [4.69, 9.17) is 19.3 Å². The highest BCUT2D eigenvalue weighted by Crippen LogP contribution is 2.40. The number of pyridine rings is 2. The lowest BCUT2D eigenvalue weighted by Gasteiger charge is -2.31. The molecule has 1 atom stereocenters. The Labute approximate surface area is 201 Å². The zero-order chi connectivity index (χ0) is 25.1. The summed E-state index contributed by atoms with van der Waals surface area (Å²) in [5.74, 6) is -0.102. The minimum absolute atomic E-state index is 0.0886. The lowest BCUT2D eigenvalue weighted by molar-refractivity contribution is -0.172. The number of ether oxygens (including phenoxy) is 2. The number of rotatable bonds is 4. The number of carbonyl (C=O) groups is 1. The molecule has 0 bridgehead atoms. The molecule has 0 aliphatic carbocycles. The van der Waals surface area contributed by atoms with Gasteiger partial charge in [-0.2, -0.15) is 0 Å². The van der Waals surface area contributed by atoms with Crippen LogP contribution in [0, 0.1) is 0 Å². The average Bonchev–Trinajstić information content (AvgIpc) is 3.18. The molecule has 0 radical (unpaired) electrons. The summed E-state index contributed by atoms with van der Waals surface area (Å²) < 4.78 is 12.3. The second-order valence-corrected chi connectivity index (χ2v) is 9.79. The molecule has 5 rings (SSSR count). The Kier molecular flexibility index (Phi) is 5.21. The van der Waals surface area contributed by atoms with Crippen LogP contribution in [0.25, 0.3) is 22.3 Å². The smallest absolute Gasteiger partial charge is 0.343 e. The molecule has 2 aromatic heterocycles. The van der Waals surface area contributed by atoms with Crippen molar-refractivity contribution in [1.29, 1.82) is 0 Å². The summed E-state index contributed by atoms with van der Waals surface area (Å²) in [6, 6.07) is 7.34. The van der Waals surface area contributed by atoms with Gasteiger partial charge >= 0.3 is 5.97 Å². The Bertz CT molecular complexity index is 1470. The van der Waals surface area contributed by atoms with Crippen LogP contribution in [0.15, 0.2) is 34.2 Å². The summed E-state index contributed by atoms with van der Waals surface area (Å²) in [4.78, 5) is 36.2. The van der Waals surface area contributed by atoms with Crippen molar-refractivity contribution in [2.75, 3.05) is 7.11 Å². The van der Waals surface area contributed by atoms with Gasteiger partial charge in [0.25, 0.3) is 5.56 Å². The minimum Gasteiger partial charge on any atom is -0.496 e. The zero-order valence-electron chi connectivity index (χ0n) is 20.3. The van der Waals surface area contributed by atoms with Crippen LogP contribution in [0.3, 0.4) is 0 Å². The molecule has 9 nitrogen and oxygen atoms in total. The topological polar surface area (TPSA) is 112 Å². The predicted octanol–water partition coefficient (Wildman–Crippen LogP) is 3.24. The third-order valence-electron chi connectivity index (χ3n) is 6.41. The van der Waals surface area contributed by atoms with Gasteiger partial charge in [0.2, 0.25) is 0 Å². The number of hydrogen-bond donors (Lipinski definition) is 1. The van der Waals surface area contributed by atoms with E-state index in [0.717, 1.165) is 16.5 Å². The highest BCUT2D eigenvalue weighted by atomic mass is 16.6. The molecule has 0 spiro atoms. The molecule has 0 unspecified atom stereocenters. The van der Waals surface area contributed by atoms with E-state index in [2.05, 4.69) is 5.16 Å². The maximum atomic E-state index is 13.4. The summed E-state index contributed by atoms with van der Waals surface area (Å²) >= 11 is 0. The van der Waals surface area contributed by atoms with Crippen molar-refractivity contribution in [2.24, 2.45) is 5.16 Å². The lowest BCUT2D eigenvalue weighted by Crippen LogP contribution is -2.44. The maximum absolute atomic E-state index is 13.4. The lowest BCUT2D eigenvalue weighted by atomic mass is 9.86. The molecule has 0 amide bonds. The van der Waals surface area contributed by atoms with Gasteiger partial charge < -0.3 is 24.0 Å². The molecule has 0 fully saturated rings. The molecule has 0 saturated carbocycles. The molecular weight excluding hydrogens is 450 g/mol. The van der Waals surface area contributed by atoms with Crippen LogP contribution in [0.1, 0.15) is 56.4 Å². The van der Waals surface area contributed by atoms with E-state index >= 15 is 0 Å². The first-order chi connectivity index (χ1) is 16.6. The van der Waals surface area contributed by atoms with E-state index < -0.39 is 17.2 Å². The summed E-state index contributed by atoms with van der Waals surface area (Å²) in [6.07, 6.45) is 1.69. The minimum atomic E-state index is -1.87. The molecule has 35 heavy (non-hydrogen) atoms. The van der Waals surface area contributed by atoms with Crippen LogP contribution in [0.2, 0.25) is 0 Å². The van der Waals surface area contributed by atoms with Gasteiger partial charge in [-0.1, -0.05) is 12.1 Å². The molecule has 2 aliphatic rings. The average molecular weight is 478 g/mol.